The number of rotatable bonds is 8. The van der Waals surface area contributed by atoms with Gasteiger partial charge in [0.15, 0.2) is 5.84 Å². The molecule has 0 saturated carbocycles. The van der Waals surface area contributed by atoms with Crippen molar-refractivity contribution in [1.82, 2.24) is 0 Å². The monoisotopic (exact) mass is 291 g/mol. The van der Waals surface area contributed by atoms with E-state index in [0.29, 0.717) is 17.7 Å². The Labute approximate surface area is 126 Å². The standard InChI is InChI=1S/C16H25N3O2/c1-3-4-5-6-7-8-15(20)18-14-11-13(16(17)19-21)10-9-12(14)2/h9-11,21H,3-8H2,1-2H3,(H2,17,19)(H,18,20). The molecule has 5 nitrogen and oxygen atoms in total. The zero-order valence-electron chi connectivity index (χ0n) is 12.9. The summed E-state index contributed by atoms with van der Waals surface area (Å²) in [6.07, 6.45) is 6.13. The van der Waals surface area contributed by atoms with Crippen LogP contribution >= 0.6 is 0 Å². The molecule has 0 radical (unpaired) electrons. The Morgan fingerprint density at radius 2 is 2.00 bits per heavy atom. The van der Waals surface area contributed by atoms with Gasteiger partial charge in [-0.25, -0.2) is 0 Å². The van der Waals surface area contributed by atoms with Crippen LogP contribution in [0.15, 0.2) is 23.4 Å². The molecule has 0 aliphatic rings. The first-order valence-corrected chi connectivity index (χ1v) is 7.47. The number of hydrogen-bond acceptors (Lipinski definition) is 3. The Hall–Kier alpha value is -2.04. The van der Waals surface area contributed by atoms with E-state index < -0.39 is 0 Å². The van der Waals surface area contributed by atoms with E-state index in [1.54, 1.807) is 12.1 Å². The Kier molecular flexibility index (Phi) is 7.29. The van der Waals surface area contributed by atoms with Gasteiger partial charge in [0, 0.05) is 17.7 Å². The second-order valence-corrected chi connectivity index (χ2v) is 5.23. The molecule has 1 rings (SSSR count). The zero-order chi connectivity index (χ0) is 15.7. The lowest BCUT2D eigenvalue weighted by Crippen LogP contribution is -2.16. The molecule has 21 heavy (non-hydrogen) atoms. The molecule has 0 bridgehead atoms. The Morgan fingerprint density at radius 1 is 1.29 bits per heavy atom. The van der Waals surface area contributed by atoms with E-state index in [0.717, 1.165) is 18.4 Å². The molecule has 0 atom stereocenters. The van der Waals surface area contributed by atoms with Crippen LogP contribution in [0.3, 0.4) is 0 Å². The summed E-state index contributed by atoms with van der Waals surface area (Å²) in [7, 11) is 0. The summed E-state index contributed by atoms with van der Waals surface area (Å²) in [5.74, 6) is 0.0383. The molecule has 0 unspecified atom stereocenters. The van der Waals surface area contributed by atoms with Gasteiger partial charge in [0.2, 0.25) is 5.91 Å². The van der Waals surface area contributed by atoms with Crippen LogP contribution in [0.4, 0.5) is 5.69 Å². The van der Waals surface area contributed by atoms with Crippen molar-refractivity contribution in [2.45, 2.75) is 52.4 Å². The maximum absolute atomic E-state index is 11.9. The summed E-state index contributed by atoms with van der Waals surface area (Å²) in [6, 6.07) is 5.31. The average molecular weight is 291 g/mol. The molecular formula is C16H25N3O2. The van der Waals surface area contributed by atoms with Crippen molar-refractivity contribution in [1.29, 1.82) is 0 Å². The fraction of sp³-hybridized carbons (Fsp3) is 0.500. The number of nitrogens with zero attached hydrogens (tertiary/aromatic N) is 1. The number of nitrogens with one attached hydrogen (secondary N) is 1. The third-order valence-corrected chi connectivity index (χ3v) is 3.42. The summed E-state index contributed by atoms with van der Waals surface area (Å²) in [5.41, 5.74) is 7.80. The largest absolute Gasteiger partial charge is 0.409 e. The SMILES string of the molecule is CCCCCCCC(=O)Nc1cc(C(N)=NO)ccc1C. The Bertz CT molecular complexity index is 498. The molecule has 1 aromatic carbocycles. The van der Waals surface area contributed by atoms with Crippen LogP contribution in [-0.2, 0) is 4.79 Å². The van der Waals surface area contributed by atoms with E-state index >= 15 is 0 Å². The van der Waals surface area contributed by atoms with Crippen LogP contribution in [0.25, 0.3) is 0 Å². The highest BCUT2D eigenvalue weighted by molar-refractivity contribution is 5.99. The van der Waals surface area contributed by atoms with Crippen LogP contribution in [0.2, 0.25) is 0 Å². The van der Waals surface area contributed by atoms with Gasteiger partial charge in [-0.05, 0) is 25.0 Å². The molecule has 0 aliphatic heterocycles. The molecule has 1 amide bonds. The normalized spacial score (nSPS) is 11.4. The highest BCUT2D eigenvalue weighted by Crippen LogP contribution is 2.17. The topological polar surface area (TPSA) is 87.7 Å². The number of amidine groups is 1. The number of carbonyl (C=O) groups excluding carboxylic acids is 1. The summed E-state index contributed by atoms with van der Waals surface area (Å²) in [4.78, 5) is 11.9. The maximum Gasteiger partial charge on any atom is 0.224 e. The Balaban J connectivity index is 2.55. The number of carbonyl (C=O) groups is 1. The molecular weight excluding hydrogens is 266 g/mol. The van der Waals surface area contributed by atoms with Crippen LogP contribution in [-0.4, -0.2) is 17.0 Å². The fourth-order valence-electron chi connectivity index (χ4n) is 2.08. The second-order valence-electron chi connectivity index (χ2n) is 5.23. The molecule has 0 aliphatic carbocycles. The van der Waals surface area contributed by atoms with Crippen molar-refractivity contribution in [2.24, 2.45) is 10.9 Å². The Morgan fingerprint density at radius 3 is 2.67 bits per heavy atom. The first-order valence-electron chi connectivity index (χ1n) is 7.47. The van der Waals surface area contributed by atoms with E-state index in [-0.39, 0.29) is 11.7 Å². The van der Waals surface area contributed by atoms with Gasteiger partial charge in [-0.15, -0.1) is 0 Å². The van der Waals surface area contributed by atoms with Crippen molar-refractivity contribution in [3.63, 3.8) is 0 Å². The molecule has 5 heteroatoms. The van der Waals surface area contributed by atoms with E-state index in [1.807, 2.05) is 13.0 Å². The molecule has 0 saturated heterocycles. The number of hydrogen-bond donors (Lipinski definition) is 3. The van der Waals surface area contributed by atoms with Crippen LogP contribution < -0.4 is 11.1 Å². The third-order valence-electron chi connectivity index (χ3n) is 3.42. The van der Waals surface area contributed by atoms with Gasteiger partial charge in [0.05, 0.1) is 0 Å². The smallest absolute Gasteiger partial charge is 0.224 e. The fourth-order valence-corrected chi connectivity index (χ4v) is 2.08. The lowest BCUT2D eigenvalue weighted by molar-refractivity contribution is -0.116. The minimum Gasteiger partial charge on any atom is -0.409 e. The zero-order valence-corrected chi connectivity index (χ0v) is 12.9. The summed E-state index contributed by atoms with van der Waals surface area (Å²) in [5, 5.41) is 14.6. The first kappa shape index (κ1) is 17.0. The van der Waals surface area contributed by atoms with Crippen molar-refractivity contribution in [3.8, 4) is 0 Å². The van der Waals surface area contributed by atoms with Crippen molar-refractivity contribution in [3.05, 3.63) is 29.3 Å². The molecule has 1 aromatic rings. The van der Waals surface area contributed by atoms with Crippen LogP contribution in [0.1, 0.15) is 56.6 Å². The molecule has 4 N–H and O–H groups in total. The average Bonchev–Trinajstić information content (AvgIpc) is 2.48. The number of benzene rings is 1. The molecule has 0 spiro atoms. The number of unbranched alkanes of at least 4 members (excludes halogenated alkanes) is 4. The summed E-state index contributed by atoms with van der Waals surface area (Å²) < 4.78 is 0. The van der Waals surface area contributed by atoms with Gasteiger partial charge in [-0.1, -0.05) is 49.9 Å². The molecule has 0 fully saturated rings. The highest BCUT2D eigenvalue weighted by atomic mass is 16.4. The van der Waals surface area contributed by atoms with Crippen molar-refractivity contribution >= 4 is 17.4 Å². The van der Waals surface area contributed by atoms with Crippen LogP contribution in [0, 0.1) is 6.92 Å². The number of oxime groups is 1. The lowest BCUT2D eigenvalue weighted by atomic mass is 10.1. The van der Waals surface area contributed by atoms with Gasteiger partial charge in [0.1, 0.15) is 0 Å². The van der Waals surface area contributed by atoms with E-state index in [2.05, 4.69) is 17.4 Å². The van der Waals surface area contributed by atoms with Crippen molar-refractivity contribution in [2.75, 3.05) is 5.32 Å². The maximum atomic E-state index is 11.9. The van der Waals surface area contributed by atoms with Crippen LogP contribution in [0.5, 0.6) is 0 Å². The van der Waals surface area contributed by atoms with Gasteiger partial charge in [-0.2, -0.15) is 0 Å². The summed E-state index contributed by atoms with van der Waals surface area (Å²) in [6.45, 7) is 4.08. The minimum absolute atomic E-state index is 0.00579. The van der Waals surface area contributed by atoms with Crippen molar-refractivity contribution < 1.29 is 10.0 Å². The molecule has 0 heterocycles. The number of anilines is 1. The second kappa shape index (κ2) is 9.00. The van der Waals surface area contributed by atoms with Gasteiger partial charge in [-0.3, -0.25) is 4.79 Å². The number of amides is 1. The van der Waals surface area contributed by atoms with Gasteiger partial charge < -0.3 is 16.3 Å². The van der Waals surface area contributed by atoms with Gasteiger partial charge in [0.25, 0.3) is 0 Å². The van der Waals surface area contributed by atoms with Gasteiger partial charge >= 0.3 is 0 Å². The van der Waals surface area contributed by atoms with E-state index in [4.69, 9.17) is 10.9 Å². The number of nitrogens with two attached hydrogens (primary N) is 1. The minimum atomic E-state index is 0.00579. The molecule has 0 aromatic heterocycles. The molecule has 116 valence electrons. The quantitative estimate of drug-likeness (QED) is 0.225. The number of aryl methyl sites for hydroxylation is 1. The lowest BCUT2D eigenvalue weighted by Gasteiger charge is -2.10. The highest BCUT2D eigenvalue weighted by Gasteiger charge is 2.07. The van der Waals surface area contributed by atoms with E-state index in [1.165, 1.54) is 19.3 Å². The third kappa shape index (κ3) is 5.85. The first-order chi connectivity index (χ1) is 10.1. The summed E-state index contributed by atoms with van der Waals surface area (Å²) >= 11 is 0. The predicted molar refractivity (Wildman–Crippen MR) is 85.7 cm³/mol. The van der Waals surface area contributed by atoms with E-state index in [9.17, 15) is 4.79 Å². The predicted octanol–water partition coefficient (Wildman–Crippen LogP) is 3.39.